The average Bonchev–Trinajstić information content (AvgIpc) is 3.63. The van der Waals surface area contributed by atoms with E-state index in [1.54, 1.807) is 36.4 Å². The van der Waals surface area contributed by atoms with Gasteiger partial charge in [0.1, 0.15) is 24.2 Å². The third kappa shape index (κ3) is 5.21. The lowest BCUT2D eigenvalue weighted by atomic mass is 9.94. The van der Waals surface area contributed by atoms with Crippen LogP contribution in [0.3, 0.4) is 0 Å². The summed E-state index contributed by atoms with van der Waals surface area (Å²) in [7, 11) is 0. The fourth-order valence-electron chi connectivity index (χ4n) is 5.29. The first-order valence-electron chi connectivity index (χ1n) is 13.4. The minimum atomic E-state index is -0.841. The molecule has 5 rings (SSSR count). The number of aromatic nitrogens is 2. The van der Waals surface area contributed by atoms with E-state index in [2.05, 4.69) is 4.98 Å². The van der Waals surface area contributed by atoms with E-state index in [0.29, 0.717) is 61.8 Å². The predicted octanol–water partition coefficient (Wildman–Crippen LogP) is 2.74. The van der Waals surface area contributed by atoms with Crippen LogP contribution in [-0.2, 0) is 22.6 Å². The molecule has 9 nitrogen and oxygen atoms in total. The van der Waals surface area contributed by atoms with Gasteiger partial charge >= 0.3 is 0 Å². The Kier molecular flexibility index (Phi) is 7.58. The molecule has 39 heavy (non-hydrogen) atoms. The molecule has 0 saturated carbocycles. The van der Waals surface area contributed by atoms with Crippen molar-refractivity contribution in [3.05, 3.63) is 77.4 Å². The number of likely N-dealkylation sites (tertiary alicyclic amines) is 1. The number of aryl methyl sites for hydroxylation is 1. The summed E-state index contributed by atoms with van der Waals surface area (Å²) in [6.45, 7) is 7.54. The number of H-pyrrole nitrogens is 1. The molecule has 1 aromatic heterocycles. The van der Waals surface area contributed by atoms with Crippen molar-refractivity contribution in [2.24, 2.45) is 0 Å². The summed E-state index contributed by atoms with van der Waals surface area (Å²) in [6.07, 6.45) is 6.85. The highest BCUT2D eigenvalue weighted by Gasteiger charge is 2.44. The van der Waals surface area contributed by atoms with Crippen molar-refractivity contribution in [3.8, 4) is 17.2 Å². The second-order valence-corrected chi connectivity index (χ2v) is 9.70. The van der Waals surface area contributed by atoms with Gasteiger partial charge in [-0.25, -0.2) is 4.57 Å². The monoisotopic (exact) mass is 531 g/mol. The largest absolute Gasteiger partial charge is 0.872 e. The van der Waals surface area contributed by atoms with E-state index in [9.17, 15) is 14.7 Å². The van der Waals surface area contributed by atoms with Gasteiger partial charge in [0.2, 0.25) is 12.1 Å². The van der Waals surface area contributed by atoms with Gasteiger partial charge in [-0.3, -0.25) is 14.6 Å². The summed E-state index contributed by atoms with van der Waals surface area (Å²) < 4.78 is 19.3. The third-order valence-corrected chi connectivity index (χ3v) is 6.99. The SMILES string of the molecule is CCOc1ccc(C2/C(=C(\[O-])c3ccc4c(c3)CC(C)O4)C(=O)C(=O)N2CCC[n+]2cc[nH]c2)cc1OCC. The van der Waals surface area contributed by atoms with Crippen LogP contribution in [0.5, 0.6) is 17.2 Å². The molecule has 3 aromatic rings. The summed E-state index contributed by atoms with van der Waals surface area (Å²) in [5.74, 6) is -0.0819. The lowest BCUT2D eigenvalue weighted by molar-refractivity contribution is -0.695. The van der Waals surface area contributed by atoms with E-state index in [4.69, 9.17) is 14.2 Å². The quantitative estimate of drug-likeness (QED) is 0.187. The Bertz CT molecular complexity index is 1400. The number of nitrogens with one attached hydrogen (secondary N) is 1. The van der Waals surface area contributed by atoms with Crippen LogP contribution in [0, 0.1) is 0 Å². The number of hydrogen-bond acceptors (Lipinski definition) is 6. The van der Waals surface area contributed by atoms with Gasteiger partial charge in [-0.1, -0.05) is 17.9 Å². The molecule has 3 heterocycles. The summed E-state index contributed by atoms with van der Waals surface area (Å²) in [6, 6.07) is 9.69. The fraction of sp³-hybridized carbons (Fsp3) is 0.367. The second-order valence-electron chi connectivity index (χ2n) is 9.70. The number of amides is 1. The summed E-state index contributed by atoms with van der Waals surface area (Å²) in [5.41, 5.74) is 1.86. The molecule has 0 bridgehead atoms. The predicted molar refractivity (Wildman–Crippen MR) is 141 cm³/mol. The lowest BCUT2D eigenvalue weighted by Crippen LogP contribution is -2.36. The van der Waals surface area contributed by atoms with Gasteiger partial charge < -0.3 is 24.2 Å². The van der Waals surface area contributed by atoms with Crippen molar-refractivity contribution in [2.45, 2.75) is 52.3 Å². The number of ketones is 1. The molecule has 2 atom stereocenters. The molecule has 0 spiro atoms. The Morgan fingerprint density at radius 3 is 2.67 bits per heavy atom. The number of carbonyl (C=O) groups excluding carboxylic acids is 2. The van der Waals surface area contributed by atoms with E-state index in [0.717, 1.165) is 11.3 Å². The van der Waals surface area contributed by atoms with Crippen LogP contribution in [-0.4, -0.2) is 47.4 Å². The maximum atomic E-state index is 13.9. The number of ether oxygens (including phenoxy) is 3. The van der Waals surface area contributed by atoms with Crippen molar-refractivity contribution in [2.75, 3.05) is 19.8 Å². The molecule has 1 fully saturated rings. The highest BCUT2D eigenvalue weighted by atomic mass is 16.5. The minimum Gasteiger partial charge on any atom is -0.872 e. The number of carbonyl (C=O) groups is 2. The zero-order valence-corrected chi connectivity index (χ0v) is 22.4. The number of imidazole rings is 1. The Morgan fingerprint density at radius 1 is 1.13 bits per heavy atom. The van der Waals surface area contributed by atoms with Gasteiger partial charge in [0.15, 0.2) is 11.5 Å². The van der Waals surface area contributed by atoms with Crippen LogP contribution >= 0.6 is 0 Å². The molecule has 1 N–H and O–H groups in total. The van der Waals surface area contributed by atoms with Crippen molar-refractivity contribution in [1.29, 1.82) is 0 Å². The Balaban J connectivity index is 1.57. The van der Waals surface area contributed by atoms with E-state index in [1.807, 2.05) is 44.1 Å². The molecular formula is C30H33N3O6. The zero-order chi connectivity index (χ0) is 27.5. The maximum absolute atomic E-state index is 13.9. The number of nitrogens with zero attached hydrogens (tertiary/aromatic N) is 2. The van der Waals surface area contributed by atoms with Crippen LogP contribution in [0.1, 0.15) is 49.9 Å². The van der Waals surface area contributed by atoms with Gasteiger partial charge in [-0.05, 0) is 61.7 Å². The van der Waals surface area contributed by atoms with Crippen LogP contribution in [0.4, 0.5) is 0 Å². The standard InChI is InChI=1S/C30H33N3O6/c1-4-37-24-10-7-20(17-25(24)38-5-2)27-26(28(34)21-8-9-23-22(16-21)15-19(3)39-23)29(35)30(36)33(27)13-6-12-32-14-11-31-18-32/h7-11,14,16-19,27H,4-6,12-13,15H2,1-3H3,(H,34,35). The van der Waals surface area contributed by atoms with E-state index >= 15 is 0 Å². The first-order chi connectivity index (χ1) is 18.9. The van der Waals surface area contributed by atoms with Gasteiger partial charge in [0, 0.05) is 25.0 Å². The highest BCUT2D eigenvalue weighted by Crippen LogP contribution is 2.42. The van der Waals surface area contributed by atoms with Crippen LogP contribution in [0.2, 0.25) is 0 Å². The van der Waals surface area contributed by atoms with Crippen LogP contribution in [0.15, 0.2) is 60.7 Å². The summed E-state index contributed by atoms with van der Waals surface area (Å²) in [5, 5.41) is 13.9. The molecule has 1 saturated heterocycles. The van der Waals surface area contributed by atoms with Crippen LogP contribution in [0.25, 0.3) is 5.76 Å². The third-order valence-electron chi connectivity index (χ3n) is 6.99. The van der Waals surface area contributed by atoms with Gasteiger partial charge in [0.05, 0.1) is 25.8 Å². The van der Waals surface area contributed by atoms with E-state index < -0.39 is 23.5 Å². The zero-order valence-electron chi connectivity index (χ0n) is 22.4. The smallest absolute Gasteiger partial charge is 0.295 e. The average molecular weight is 532 g/mol. The number of benzene rings is 2. The number of Topliss-reactive ketones (excluding diaryl/α,β-unsaturated/α-hetero) is 1. The highest BCUT2D eigenvalue weighted by molar-refractivity contribution is 6.46. The molecule has 9 heteroatoms. The normalized spacial score (nSPS) is 19.7. The number of fused-ring (bicyclic) bond motifs is 1. The van der Waals surface area contributed by atoms with Crippen LogP contribution < -0.4 is 23.9 Å². The molecule has 0 aliphatic carbocycles. The Labute approximate surface area is 227 Å². The van der Waals surface area contributed by atoms with Crippen molar-refractivity contribution < 1.29 is 33.5 Å². The maximum Gasteiger partial charge on any atom is 0.295 e. The molecule has 2 aliphatic rings. The molecule has 2 aliphatic heterocycles. The fourth-order valence-corrected chi connectivity index (χ4v) is 5.29. The van der Waals surface area contributed by atoms with Gasteiger partial charge in [-0.15, -0.1) is 0 Å². The second kappa shape index (κ2) is 11.2. The van der Waals surface area contributed by atoms with E-state index in [-0.39, 0.29) is 11.7 Å². The molecule has 1 amide bonds. The Hall–Kier alpha value is -4.27. The first kappa shape index (κ1) is 26.3. The summed E-state index contributed by atoms with van der Waals surface area (Å²) in [4.78, 5) is 31.3. The Morgan fingerprint density at radius 2 is 1.92 bits per heavy atom. The molecule has 0 radical (unpaired) electrons. The molecular weight excluding hydrogens is 498 g/mol. The van der Waals surface area contributed by atoms with Crippen molar-refractivity contribution in [3.63, 3.8) is 0 Å². The minimum absolute atomic E-state index is 0.0228. The van der Waals surface area contributed by atoms with Gasteiger partial charge in [0.25, 0.3) is 5.91 Å². The lowest BCUT2D eigenvalue weighted by Gasteiger charge is -2.28. The summed E-state index contributed by atoms with van der Waals surface area (Å²) >= 11 is 0. The van der Waals surface area contributed by atoms with E-state index in [1.165, 1.54) is 4.90 Å². The topological polar surface area (TPSA) is 108 Å². The molecule has 2 aromatic carbocycles. The van der Waals surface area contributed by atoms with Crippen molar-refractivity contribution in [1.82, 2.24) is 9.88 Å². The number of hydrogen-bond donors (Lipinski definition) is 1. The van der Waals surface area contributed by atoms with Gasteiger partial charge in [-0.2, -0.15) is 0 Å². The molecule has 2 unspecified atom stereocenters. The molecule has 204 valence electrons. The number of rotatable bonds is 10. The van der Waals surface area contributed by atoms with Crippen molar-refractivity contribution >= 4 is 17.4 Å². The first-order valence-corrected chi connectivity index (χ1v) is 13.4. The number of aromatic amines is 1.